The largest absolute Gasteiger partial charge is 0.451 e. The van der Waals surface area contributed by atoms with Gasteiger partial charge < -0.3 is 14.8 Å². The number of methoxy groups -OCH3 is 1. The van der Waals surface area contributed by atoms with E-state index >= 15 is 0 Å². The molecule has 0 aliphatic rings. The third-order valence-corrected chi connectivity index (χ3v) is 4.88. The topological polar surface area (TPSA) is 64.6 Å². The number of ether oxygens (including phenoxy) is 2. The van der Waals surface area contributed by atoms with Gasteiger partial charge in [0.2, 0.25) is 0 Å². The fourth-order valence-electron chi connectivity index (χ4n) is 2.54. The minimum Gasteiger partial charge on any atom is -0.451 e. The predicted molar refractivity (Wildman–Crippen MR) is 97.8 cm³/mol. The Morgan fingerprint density at radius 1 is 1.11 bits per heavy atom. The number of carbonyl (C=O) groups excluding carboxylic acids is 2. The van der Waals surface area contributed by atoms with E-state index in [2.05, 4.69) is 5.32 Å². The molecule has 27 heavy (non-hydrogen) atoms. The van der Waals surface area contributed by atoms with Gasteiger partial charge in [-0.2, -0.15) is 0 Å². The van der Waals surface area contributed by atoms with Gasteiger partial charge in [0.1, 0.15) is 16.5 Å². The van der Waals surface area contributed by atoms with Gasteiger partial charge in [-0.05, 0) is 36.4 Å². The number of rotatable bonds is 6. The van der Waals surface area contributed by atoms with Crippen molar-refractivity contribution in [3.63, 3.8) is 0 Å². The highest BCUT2D eigenvalue weighted by Gasteiger charge is 2.22. The van der Waals surface area contributed by atoms with Gasteiger partial charge in [0, 0.05) is 28.4 Å². The van der Waals surface area contributed by atoms with E-state index in [-0.39, 0.29) is 11.5 Å². The molecule has 1 amide bonds. The summed E-state index contributed by atoms with van der Waals surface area (Å²) in [7, 11) is 1.44. The van der Waals surface area contributed by atoms with Gasteiger partial charge in [-0.15, -0.1) is 11.3 Å². The highest BCUT2D eigenvalue weighted by atomic mass is 32.1. The lowest BCUT2D eigenvalue weighted by Gasteiger charge is -2.07. The molecule has 1 N–H and O–H groups in total. The number of fused-ring (bicyclic) bond motifs is 1. The van der Waals surface area contributed by atoms with Gasteiger partial charge in [-0.3, -0.25) is 4.79 Å². The van der Waals surface area contributed by atoms with Crippen LogP contribution in [0.25, 0.3) is 10.1 Å². The zero-order valence-electron chi connectivity index (χ0n) is 14.3. The summed E-state index contributed by atoms with van der Waals surface area (Å²) in [6.07, 6.45) is 0. The van der Waals surface area contributed by atoms with Gasteiger partial charge in [0.25, 0.3) is 5.91 Å². The van der Waals surface area contributed by atoms with Crippen molar-refractivity contribution >= 4 is 39.0 Å². The second-order valence-corrected chi connectivity index (χ2v) is 6.64. The number of hydrogen-bond donors (Lipinski definition) is 1. The van der Waals surface area contributed by atoms with E-state index in [0.29, 0.717) is 21.3 Å². The number of halogens is 2. The summed E-state index contributed by atoms with van der Waals surface area (Å²) in [6, 6.07) is 9.73. The normalized spacial score (nSPS) is 10.8. The number of thiophene rings is 1. The van der Waals surface area contributed by atoms with Gasteiger partial charge in [-0.25, -0.2) is 13.6 Å². The number of hydrogen-bond acceptors (Lipinski definition) is 5. The molecule has 1 heterocycles. The van der Waals surface area contributed by atoms with Crippen molar-refractivity contribution in [2.45, 2.75) is 6.61 Å². The average Bonchev–Trinajstić information content (AvgIpc) is 3.02. The average molecular weight is 391 g/mol. The molecule has 2 aromatic carbocycles. The maximum absolute atomic E-state index is 14.1. The van der Waals surface area contributed by atoms with E-state index in [1.807, 2.05) is 0 Å². The number of anilines is 1. The van der Waals surface area contributed by atoms with Crippen LogP contribution in [0.1, 0.15) is 15.2 Å². The van der Waals surface area contributed by atoms with Crippen molar-refractivity contribution in [3.05, 3.63) is 64.5 Å². The van der Waals surface area contributed by atoms with E-state index in [1.165, 1.54) is 37.4 Å². The van der Waals surface area contributed by atoms with E-state index in [1.54, 1.807) is 12.1 Å². The highest BCUT2D eigenvalue weighted by molar-refractivity contribution is 7.21. The lowest BCUT2D eigenvalue weighted by molar-refractivity contribution is -0.119. The first-order chi connectivity index (χ1) is 13.0. The van der Waals surface area contributed by atoms with Crippen LogP contribution in [0.3, 0.4) is 0 Å². The SMILES string of the molecule is COCc1c(C(=O)OCC(=O)Nc2ccc(F)cc2)sc2cccc(F)c12. The Hall–Kier alpha value is -2.84. The number of amides is 1. The van der Waals surface area contributed by atoms with Crippen LogP contribution in [0.5, 0.6) is 0 Å². The maximum Gasteiger partial charge on any atom is 0.349 e. The molecule has 0 saturated carbocycles. The number of esters is 1. The molecule has 0 saturated heterocycles. The fourth-order valence-corrected chi connectivity index (χ4v) is 3.66. The Balaban J connectivity index is 1.72. The van der Waals surface area contributed by atoms with E-state index < -0.39 is 30.1 Å². The summed E-state index contributed by atoms with van der Waals surface area (Å²) >= 11 is 1.08. The summed E-state index contributed by atoms with van der Waals surface area (Å²) in [4.78, 5) is 24.5. The number of carbonyl (C=O) groups is 2. The van der Waals surface area contributed by atoms with E-state index in [4.69, 9.17) is 9.47 Å². The minimum atomic E-state index is -0.739. The lowest BCUT2D eigenvalue weighted by atomic mass is 10.1. The molecular formula is C19H15F2NO4S. The molecule has 0 aliphatic heterocycles. The molecule has 0 radical (unpaired) electrons. The van der Waals surface area contributed by atoms with Crippen molar-refractivity contribution in [2.75, 3.05) is 19.0 Å². The summed E-state index contributed by atoms with van der Waals surface area (Å²) in [6.45, 7) is -0.494. The summed E-state index contributed by atoms with van der Waals surface area (Å²) in [5.41, 5.74) is 0.765. The molecule has 5 nitrogen and oxygen atoms in total. The van der Waals surface area contributed by atoms with Crippen LogP contribution in [0.2, 0.25) is 0 Å². The molecule has 140 valence electrons. The Labute approximate surface area is 157 Å². The zero-order valence-corrected chi connectivity index (χ0v) is 15.1. The number of benzene rings is 2. The molecule has 0 bridgehead atoms. The third-order valence-electron chi connectivity index (χ3n) is 3.70. The Morgan fingerprint density at radius 3 is 2.56 bits per heavy atom. The second kappa shape index (κ2) is 8.24. The smallest absolute Gasteiger partial charge is 0.349 e. The lowest BCUT2D eigenvalue weighted by Crippen LogP contribution is -2.21. The quantitative estimate of drug-likeness (QED) is 0.642. The molecule has 3 rings (SSSR count). The van der Waals surface area contributed by atoms with Gasteiger partial charge >= 0.3 is 5.97 Å². The van der Waals surface area contributed by atoms with Gasteiger partial charge in [0.15, 0.2) is 6.61 Å². The van der Waals surface area contributed by atoms with Gasteiger partial charge in [-0.1, -0.05) is 6.07 Å². The van der Waals surface area contributed by atoms with Crippen LogP contribution in [0.4, 0.5) is 14.5 Å². The van der Waals surface area contributed by atoms with Crippen LogP contribution in [-0.4, -0.2) is 25.6 Å². The Morgan fingerprint density at radius 2 is 1.85 bits per heavy atom. The Kier molecular flexibility index (Phi) is 5.78. The van der Waals surface area contributed by atoms with Crippen molar-refractivity contribution in [3.8, 4) is 0 Å². The van der Waals surface area contributed by atoms with Crippen molar-refractivity contribution in [2.24, 2.45) is 0 Å². The van der Waals surface area contributed by atoms with Crippen LogP contribution in [0.15, 0.2) is 42.5 Å². The standard InChI is InChI=1S/C19H15F2NO4S/c1-25-9-13-17-14(21)3-2-4-15(17)27-18(13)19(24)26-10-16(23)22-12-7-5-11(20)6-8-12/h2-8H,9-10H2,1H3,(H,22,23). The molecule has 1 aromatic heterocycles. The van der Waals surface area contributed by atoms with Crippen molar-refractivity contribution in [1.82, 2.24) is 0 Å². The van der Waals surface area contributed by atoms with Crippen LogP contribution in [0, 0.1) is 11.6 Å². The summed E-state index contributed by atoms with van der Waals surface area (Å²) in [5, 5.41) is 2.80. The summed E-state index contributed by atoms with van der Waals surface area (Å²) < 4.78 is 37.7. The van der Waals surface area contributed by atoms with Gasteiger partial charge in [0.05, 0.1) is 6.61 Å². The third kappa shape index (κ3) is 4.29. The second-order valence-electron chi connectivity index (χ2n) is 5.59. The monoisotopic (exact) mass is 391 g/mol. The molecule has 0 atom stereocenters. The van der Waals surface area contributed by atoms with E-state index in [0.717, 1.165) is 11.3 Å². The first-order valence-corrected chi connectivity index (χ1v) is 8.72. The number of nitrogens with one attached hydrogen (secondary N) is 1. The molecule has 0 unspecified atom stereocenters. The molecule has 0 spiro atoms. The van der Waals surface area contributed by atoms with Crippen LogP contribution >= 0.6 is 11.3 Å². The minimum absolute atomic E-state index is 0.0349. The van der Waals surface area contributed by atoms with Crippen LogP contribution in [-0.2, 0) is 20.9 Å². The molecule has 0 aliphatic carbocycles. The first kappa shape index (κ1) is 18.9. The molecule has 3 aromatic rings. The fraction of sp³-hybridized carbons (Fsp3) is 0.158. The predicted octanol–water partition coefficient (Wildman–Crippen LogP) is 4.12. The molecular weight excluding hydrogens is 376 g/mol. The van der Waals surface area contributed by atoms with Crippen molar-refractivity contribution < 1.29 is 27.8 Å². The molecule has 8 heteroatoms. The zero-order chi connectivity index (χ0) is 19.4. The van der Waals surface area contributed by atoms with Crippen molar-refractivity contribution in [1.29, 1.82) is 0 Å². The summed E-state index contributed by atoms with van der Waals surface area (Å²) in [5.74, 6) is -2.20. The molecule has 0 fully saturated rings. The van der Waals surface area contributed by atoms with E-state index in [9.17, 15) is 18.4 Å². The Bertz CT molecular complexity index is 985. The maximum atomic E-state index is 14.1. The van der Waals surface area contributed by atoms with Crippen LogP contribution < -0.4 is 5.32 Å². The first-order valence-electron chi connectivity index (χ1n) is 7.91. The highest BCUT2D eigenvalue weighted by Crippen LogP contribution is 2.34.